The molecule has 0 N–H and O–H groups in total. The van der Waals surface area contributed by atoms with E-state index >= 15 is 0 Å². The van der Waals surface area contributed by atoms with E-state index in [0.717, 1.165) is 0 Å². The van der Waals surface area contributed by atoms with Crippen LogP contribution in [0.3, 0.4) is 0 Å². The lowest BCUT2D eigenvalue weighted by atomic mass is 10.5. The van der Waals surface area contributed by atoms with Gasteiger partial charge in [-0.05, 0) is 31.9 Å². The minimum Gasteiger partial charge on any atom is -0.266 e. The molecule has 2 heterocycles. The van der Waals surface area contributed by atoms with Gasteiger partial charge in [0.2, 0.25) is 0 Å². The quantitative estimate of drug-likeness (QED) is 0.795. The number of halogens is 2. The fourth-order valence-electron chi connectivity index (χ4n) is 0.985. The molecule has 7 heteroatoms. The van der Waals surface area contributed by atoms with Crippen molar-refractivity contribution in [3.8, 4) is 5.82 Å². The molecule has 0 aromatic carbocycles. The molecule has 0 bridgehead atoms. The highest BCUT2D eigenvalue weighted by molar-refractivity contribution is 9.13. The zero-order valence-electron chi connectivity index (χ0n) is 7.26. The van der Waals surface area contributed by atoms with Gasteiger partial charge < -0.3 is 0 Å². The van der Waals surface area contributed by atoms with Gasteiger partial charge in [-0.25, -0.2) is 9.97 Å². The van der Waals surface area contributed by atoms with E-state index in [-0.39, 0.29) is 5.56 Å². The molecule has 0 spiro atoms. The van der Waals surface area contributed by atoms with Crippen LogP contribution in [0.15, 0.2) is 38.5 Å². The van der Waals surface area contributed by atoms with Crippen molar-refractivity contribution >= 4 is 31.9 Å². The molecule has 5 nitrogen and oxygen atoms in total. The largest absolute Gasteiger partial charge is 0.288 e. The van der Waals surface area contributed by atoms with Gasteiger partial charge in [0, 0.05) is 12.3 Å². The normalized spacial score (nSPS) is 10.3. The molecule has 0 amide bonds. The molecule has 15 heavy (non-hydrogen) atoms. The number of hydrogen-bond acceptors (Lipinski definition) is 4. The SMILES string of the molecule is O=c1c(Br)c(Br)cnn1-c1ccncn1. The average Bonchev–Trinajstić information content (AvgIpc) is 2.27. The highest BCUT2D eigenvalue weighted by Crippen LogP contribution is 2.16. The van der Waals surface area contributed by atoms with Crippen molar-refractivity contribution in [3.05, 3.63) is 44.1 Å². The van der Waals surface area contributed by atoms with Crippen molar-refractivity contribution in [1.82, 2.24) is 19.7 Å². The average molecular weight is 332 g/mol. The topological polar surface area (TPSA) is 60.7 Å². The van der Waals surface area contributed by atoms with Crippen LogP contribution in [0.2, 0.25) is 0 Å². The second-order valence-electron chi connectivity index (χ2n) is 2.59. The van der Waals surface area contributed by atoms with Crippen LogP contribution in [0.4, 0.5) is 0 Å². The number of aromatic nitrogens is 4. The first kappa shape index (κ1) is 10.4. The van der Waals surface area contributed by atoms with E-state index in [1.165, 1.54) is 17.2 Å². The minimum atomic E-state index is -0.275. The molecular formula is C8H4Br2N4O. The molecular weight excluding hydrogens is 328 g/mol. The molecule has 2 aromatic heterocycles. The molecule has 0 aliphatic rings. The van der Waals surface area contributed by atoms with Crippen LogP contribution >= 0.6 is 31.9 Å². The Labute approximate surface area is 101 Å². The maximum Gasteiger partial charge on any atom is 0.288 e. The van der Waals surface area contributed by atoms with Crippen molar-refractivity contribution in [2.45, 2.75) is 0 Å². The van der Waals surface area contributed by atoms with E-state index in [9.17, 15) is 4.79 Å². The Kier molecular flexibility index (Phi) is 2.92. The van der Waals surface area contributed by atoms with Gasteiger partial charge in [-0.1, -0.05) is 0 Å². The molecule has 0 saturated heterocycles. The predicted octanol–water partition coefficient (Wildman–Crippen LogP) is 1.55. The molecule has 0 radical (unpaired) electrons. The number of nitrogens with zero attached hydrogens (tertiary/aromatic N) is 4. The van der Waals surface area contributed by atoms with Crippen LogP contribution in [-0.4, -0.2) is 19.7 Å². The molecule has 2 rings (SSSR count). The van der Waals surface area contributed by atoms with Crippen LogP contribution in [0, 0.1) is 0 Å². The van der Waals surface area contributed by atoms with Gasteiger partial charge in [-0.3, -0.25) is 4.79 Å². The highest BCUT2D eigenvalue weighted by Gasteiger charge is 2.08. The third kappa shape index (κ3) is 1.98. The summed E-state index contributed by atoms with van der Waals surface area (Å²) in [4.78, 5) is 19.5. The van der Waals surface area contributed by atoms with Gasteiger partial charge in [0.15, 0.2) is 5.82 Å². The van der Waals surface area contributed by atoms with Crippen molar-refractivity contribution in [1.29, 1.82) is 0 Å². The summed E-state index contributed by atoms with van der Waals surface area (Å²) in [6.07, 6.45) is 4.43. The first-order valence-corrected chi connectivity index (χ1v) is 5.48. The Bertz CT molecular complexity index is 540. The van der Waals surface area contributed by atoms with E-state index in [1.807, 2.05) is 0 Å². The summed E-state index contributed by atoms with van der Waals surface area (Å²) in [5.74, 6) is 0.434. The Hall–Kier alpha value is -1.08. The summed E-state index contributed by atoms with van der Waals surface area (Å²) in [6, 6.07) is 1.61. The van der Waals surface area contributed by atoms with Crippen LogP contribution < -0.4 is 5.56 Å². The van der Waals surface area contributed by atoms with Gasteiger partial charge in [-0.2, -0.15) is 9.78 Å². The smallest absolute Gasteiger partial charge is 0.266 e. The van der Waals surface area contributed by atoms with Crippen LogP contribution in [0.25, 0.3) is 5.82 Å². The van der Waals surface area contributed by atoms with E-state index in [4.69, 9.17) is 0 Å². The molecule has 0 aliphatic heterocycles. The first-order chi connectivity index (χ1) is 7.20. The Morgan fingerprint density at radius 1 is 1.33 bits per heavy atom. The van der Waals surface area contributed by atoms with E-state index in [0.29, 0.717) is 14.8 Å². The fourth-order valence-corrected chi connectivity index (χ4v) is 1.52. The molecule has 2 aromatic rings. The van der Waals surface area contributed by atoms with Crippen molar-refractivity contribution in [2.75, 3.05) is 0 Å². The summed E-state index contributed by atoms with van der Waals surface area (Å²) in [6.45, 7) is 0. The minimum absolute atomic E-state index is 0.275. The molecule has 0 atom stereocenters. The van der Waals surface area contributed by atoms with Crippen LogP contribution in [0.5, 0.6) is 0 Å². The lowest BCUT2D eigenvalue weighted by molar-refractivity contribution is 0.768. The highest BCUT2D eigenvalue weighted by atomic mass is 79.9. The second kappa shape index (κ2) is 4.19. The summed E-state index contributed by atoms with van der Waals surface area (Å²) in [5, 5.41) is 3.95. The third-order valence-corrected chi connectivity index (χ3v) is 3.56. The van der Waals surface area contributed by atoms with Crippen LogP contribution in [-0.2, 0) is 0 Å². The second-order valence-corrected chi connectivity index (χ2v) is 4.24. The maximum atomic E-state index is 11.8. The molecule has 76 valence electrons. The molecule has 0 saturated carbocycles. The Morgan fingerprint density at radius 2 is 2.13 bits per heavy atom. The van der Waals surface area contributed by atoms with Crippen LogP contribution in [0.1, 0.15) is 0 Å². The Morgan fingerprint density at radius 3 is 2.80 bits per heavy atom. The molecule has 0 aliphatic carbocycles. The fraction of sp³-hybridized carbons (Fsp3) is 0. The number of hydrogen-bond donors (Lipinski definition) is 0. The van der Waals surface area contributed by atoms with Crippen molar-refractivity contribution < 1.29 is 0 Å². The third-order valence-electron chi connectivity index (χ3n) is 1.66. The van der Waals surface area contributed by atoms with E-state index < -0.39 is 0 Å². The van der Waals surface area contributed by atoms with Gasteiger partial charge in [0.05, 0.1) is 10.7 Å². The summed E-state index contributed by atoms with van der Waals surface area (Å²) in [7, 11) is 0. The summed E-state index contributed by atoms with van der Waals surface area (Å²) < 4.78 is 2.21. The standard InChI is InChI=1S/C8H4Br2N4O/c9-5-3-13-14(8(15)7(5)10)6-1-2-11-4-12-6/h1-4H. The zero-order chi connectivity index (χ0) is 10.8. The summed E-state index contributed by atoms with van der Waals surface area (Å²) >= 11 is 6.36. The van der Waals surface area contributed by atoms with Gasteiger partial charge in [0.25, 0.3) is 5.56 Å². The predicted molar refractivity (Wildman–Crippen MR) is 60.8 cm³/mol. The zero-order valence-corrected chi connectivity index (χ0v) is 10.4. The van der Waals surface area contributed by atoms with Crippen molar-refractivity contribution in [3.63, 3.8) is 0 Å². The van der Waals surface area contributed by atoms with Gasteiger partial charge in [0.1, 0.15) is 10.8 Å². The summed E-state index contributed by atoms with van der Waals surface area (Å²) in [5.41, 5.74) is -0.275. The van der Waals surface area contributed by atoms with Gasteiger partial charge >= 0.3 is 0 Å². The Balaban J connectivity index is 2.66. The first-order valence-electron chi connectivity index (χ1n) is 3.90. The molecule has 0 fully saturated rings. The van der Waals surface area contributed by atoms with E-state index in [1.54, 1.807) is 12.3 Å². The molecule has 0 unspecified atom stereocenters. The lowest BCUT2D eigenvalue weighted by Crippen LogP contribution is -2.22. The number of rotatable bonds is 1. The monoisotopic (exact) mass is 330 g/mol. The van der Waals surface area contributed by atoms with E-state index in [2.05, 4.69) is 46.9 Å². The van der Waals surface area contributed by atoms with Gasteiger partial charge in [-0.15, -0.1) is 0 Å². The maximum absolute atomic E-state index is 11.8. The lowest BCUT2D eigenvalue weighted by Gasteiger charge is -2.03. The van der Waals surface area contributed by atoms with Crippen molar-refractivity contribution in [2.24, 2.45) is 0 Å².